The van der Waals surface area contributed by atoms with Gasteiger partial charge in [-0.3, -0.25) is 9.59 Å². The Labute approximate surface area is 120 Å². The Hall–Kier alpha value is -1.63. The molecule has 0 saturated heterocycles. The van der Waals surface area contributed by atoms with Crippen LogP contribution in [0.15, 0.2) is 25.3 Å². The van der Waals surface area contributed by atoms with Crippen molar-refractivity contribution in [2.45, 2.75) is 39.3 Å². The lowest BCUT2D eigenvalue weighted by molar-refractivity contribution is -0.122. The predicted octanol–water partition coefficient (Wildman–Crippen LogP) is 0.820. The van der Waals surface area contributed by atoms with Gasteiger partial charge in [-0.25, -0.2) is 12.7 Å². The summed E-state index contributed by atoms with van der Waals surface area (Å²) in [5, 5.41) is 2.51. The van der Waals surface area contributed by atoms with Crippen molar-refractivity contribution in [3.05, 3.63) is 25.3 Å². The summed E-state index contributed by atoms with van der Waals surface area (Å²) >= 11 is 0. The molecule has 114 valence electrons. The van der Waals surface area contributed by atoms with Gasteiger partial charge in [0, 0.05) is 6.04 Å². The number of amides is 2. The number of hydrogen-bond donors (Lipinski definition) is 1. The van der Waals surface area contributed by atoms with Crippen molar-refractivity contribution < 1.29 is 18.0 Å². The van der Waals surface area contributed by atoms with Gasteiger partial charge in [-0.2, -0.15) is 0 Å². The van der Waals surface area contributed by atoms with Crippen molar-refractivity contribution in [2.75, 3.05) is 5.75 Å². The first-order chi connectivity index (χ1) is 8.96. The number of carbonyl (C=O) groups is 2. The molecule has 0 spiro atoms. The van der Waals surface area contributed by atoms with Gasteiger partial charge in [0.1, 0.15) is 0 Å². The van der Waals surface area contributed by atoms with E-state index in [9.17, 15) is 18.0 Å². The van der Waals surface area contributed by atoms with Crippen LogP contribution >= 0.6 is 0 Å². The molecule has 0 heterocycles. The molecule has 0 fully saturated rings. The molecule has 0 aliphatic heterocycles. The molecule has 0 atom stereocenters. The Morgan fingerprint density at radius 2 is 1.75 bits per heavy atom. The molecular weight excluding hydrogens is 280 g/mol. The van der Waals surface area contributed by atoms with Gasteiger partial charge < -0.3 is 5.32 Å². The molecule has 7 heteroatoms. The van der Waals surface area contributed by atoms with Crippen LogP contribution in [0.3, 0.4) is 0 Å². The fraction of sp³-hybridized carbons (Fsp3) is 0.538. The van der Waals surface area contributed by atoms with Crippen molar-refractivity contribution in [1.82, 2.24) is 9.62 Å². The summed E-state index contributed by atoms with van der Waals surface area (Å²) in [7, 11) is -3.88. The second-order valence-electron chi connectivity index (χ2n) is 5.27. The summed E-state index contributed by atoms with van der Waals surface area (Å²) in [4.78, 5) is 23.0. The van der Waals surface area contributed by atoms with Crippen LogP contribution in [-0.4, -0.2) is 41.9 Å². The van der Waals surface area contributed by atoms with Crippen LogP contribution in [0.4, 0.5) is 0 Å². The molecule has 0 bridgehead atoms. The lowest BCUT2D eigenvalue weighted by Crippen LogP contribution is -2.52. The fourth-order valence-corrected chi connectivity index (χ4v) is 3.86. The summed E-state index contributed by atoms with van der Waals surface area (Å²) in [6.45, 7) is 12.9. The van der Waals surface area contributed by atoms with Crippen LogP contribution in [-0.2, 0) is 19.6 Å². The van der Waals surface area contributed by atoms with Gasteiger partial charge in [-0.15, -0.1) is 0 Å². The third-order valence-electron chi connectivity index (χ3n) is 2.35. The van der Waals surface area contributed by atoms with Crippen LogP contribution in [0.2, 0.25) is 0 Å². The first-order valence-electron chi connectivity index (χ1n) is 6.10. The zero-order valence-corrected chi connectivity index (χ0v) is 13.2. The van der Waals surface area contributed by atoms with Crippen LogP contribution in [0, 0.1) is 0 Å². The largest absolute Gasteiger partial charge is 0.347 e. The molecule has 1 N–H and O–H groups in total. The van der Waals surface area contributed by atoms with E-state index in [0.29, 0.717) is 0 Å². The number of hydrogen-bond acceptors (Lipinski definition) is 4. The van der Waals surface area contributed by atoms with E-state index in [2.05, 4.69) is 18.5 Å². The number of sulfonamides is 1. The average Bonchev–Trinajstić information content (AvgIpc) is 2.25. The van der Waals surface area contributed by atoms with Gasteiger partial charge in [0.25, 0.3) is 5.91 Å². The van der Waals surface area contributed by atoms with E-state index in [1.165, 1.54) is 0 Å². The average molecular weight is 302 g/mol. The molecule has 0 radical (unpaired) electrons. The summed E-state index contributed by atoms with van der Waals surface area (Å²) in [5.74, 6) is -1.57. The second-order valence-corrected chi connectivity index (χ2v) is 7.11. The Balaban J connectivity index is 5.31. The summed E-state index contributed by atoms with van der Waals surface area (Å²) in [5.41, 5.74) is -1.03. The Morgan fingerprint density at radius 3 is 2.10 bits per heavy atom. The van der Waals surface area contributed by atoms with Crippen molar-refractivity contribution in [1.29, 1.82) is 0 Å². The molecule has 6 nitrogen and oxygen atoms in total. The molecular formula is C13H22N2O4S. The summed E-state index contributed by atoms with van der Waals surface area (Å²) in [6.07, 6.45) is 2.01. The number of carbonyl (C=O) groups excluding carboxylic acids is 2. The number of nitrogens with zero attached hydrogens (tertiary/aromatic N) is 1. The molecule has 20 heavy (non-hydrogen) atoms. The van der Waals surface area contributed by atoms with E-state index in [0.717, 1.165) is 16.5 Å². The van der Waals surface area contributed by atoms with Crippen LogP contribution < -0.4 is 5.32 Å². The first-order valence-corrected chi connectivity index (χ1v) is 7.71. The maximum absolute atomic E-state index is 12.3. The molecule has 0 unspecified atom stereocenters. The standard InChI is InChI=1S/C13H22N2O4S/c1-7-11(16)14-13(5,6)9-20(18,19)15(10(3)4)12(17)8-2/h7-8,10H,1-2,9H2,3-6H3,(H,14,16). The minimum atomic E-state index is -3.88. The molecule has 0 aromatic rings. The van der Waals surface area contributed by atoms with Gasteiger partial charge in [0.15, 0.2) is 0 Å². The van der Waals surface area contributed by atoms with Crippen LogP contribution in [0.25, 0.3) is 0 Å². The summed E-state index contributed by atoms with van der Waals surface area (Å²) < 4.78 is 25.4. The highest BCUT2D eigenvalue weighted by Crippen LogP contribution is 2.15. The summed E-state index contributed by atoms with van der Waals surface area (Å²) in [6, 6.07) is -0.531. The molecule has 0 aliphatic rings. The normalized spacial score (nSPS) is 11.8. The maximum atomic E-state index is 12.3. The van der Waals surface area contributed by atoms with Gasteiger partial charge in [-0.1, -0.05) is 13.2 Å². The van der Waals surface area contributed by atoms with Crippen molar-refractivity contribution in [2.24, 2.45) is 0 Å². The van der Waals surface area contributed by atoms with Gasteiger partial charge in [-0.05, 0) is 39.8 Å². The Bertz CT molecular complexity index is 506. The van der Waals surface area contributed by atoms with Crippen molar-refractivity contribution in [3.63, 3.8) is 0 Å². The minimum absolute atomic E-state index is 0.405. The van der Waals surface area contributed by atoms with Gasteiger partial charge >= 0.3 is 0 Å². The monoisotopic (exact) mass is 302 g/mol. The van der Waals surface area contributed by atoms with E-state index >= 15 is 0 Å². The lowest BCUT2D eigenvalue weighted by Gasteiger charge is -2.31. The molecule has 2 amide bonds. The fourth-order valence-electron chi connectivity index (χ4n) is 1.75. The predicted molar refractivity (Wildman–Crippen MR) is 78.4 cm³/mol. The molecule has 0 aromatic carbocycles. The quantitative estimate of drug-likeness (QED) is 0.706. The van der Waals surface area contributed by atoms with E-state index in [-0.39, 0.29) is 0 Å². The first kappa shape index (κ1) is 18.4. The number of rotatable bonds is 7. The highest BCUT2D eigenvalue weighted by molar-refractivity contribution is 7.89. The van der Waals surface area contributed by atoms with Gasteiger partial charge in [0.05, 0.1) is 11.3 Å². The molecule has 0 aliphatic carbocycles. The van der Waals surface area contributed by atoms with E-state index in [1.807, 2.05) is 0 Å². The highest BCUT2D eigenvalue weighted by atomic mass is 32.2. The lowest BCUT2D eigenvalue weighted by atomic mass is 10.1. The zero-order chi connectivity index (χ0) is 16.1. The minimum Gasteiger partial charge on any atom is -0.347 e. The second kappa shape index (κ2) is 6.69. The Morgan fingerprint density at radius 1 is 1.25 bits per heavy atom. The SMILES string of the molecule is C=CC(=O)NC(C)(C)CS(=O)(=O)N(C(=O)C=C)C(C)C. The van der Waals surface area contributed by atoms with Crippen molar-refractivity contribution in [3.8, 4) is 0 Å². The van der Waals surface area contributed by atoms with E-state index in [4.69, 9.17) is 0 Å². The van der Waals surface area contributed by atoms with E-state index in [1.54, 1.807) is 27.7 Å². The topological polar surface area (TPSA) is 83.6 Å². The molecule has 0 saturated carbocycles. The molecule has 0 rings (SSSR count). The number of nitrogens with one attached hydrogen (secondary N) is 1. The van der Waals surface area contributed by atoms with Crippen LogP contribution in [0.5, 0.6) is 0 Å². The highest BCUT2D eigenvalue weighted by Gasteiger charge is 2.35. The van der Waals surface area contributed by atoms with E-state index < -0.39 is 39.2 Å². The third kappa shape index (κ3) is 5.16. The van der Waals surface area contributed by atoms with Gasteiger partial charge in [0.2, 0.25) is 15.9 Å². The third-order valence-corrected chi connectivity index (χ3v) is 4.64. The van der Waals surface area contributed by atoms with Crippen molar-refractivity contribution >= 4 is 21.8 Å². The maximum Gasteiger partial charge on any atom is 0.259 e. The van der Waals surface area contributed by atoms with Crippen LogP contribution in [0.1, 0.15) is 27.7 Å². The molecule has 0 aromatic heterocycles. The smallest absolute Gasteiger partial charge is 0.259 e. The Kier molecular flexibility index (Phi) is 6.15. The zero-order valence-electron chi connectivity index (χ0n) is 12.3.